The van der Waals surface area contributed by atoms with Gasteiger partial charge in [0.2, 0.25) is 5.91 Å². The number of halogens is 3. The maximum absolute atomic E-state index is 15.4. The van der Waals surface area contributed by atoms with Crippen LogP contribution in [0, 0.1) is 23.4 Å². The molecule has 3 heterocycles. The average Bonchev–Trinajstić information content (AvgIpc) is 3.10. The number of hydrogen-bond acceptors (Lipinski definition) is 7. The molecule has 5 rings (SSSR count). The summed E-state index contributed by atoms with van der Waals surface area (Å²) in [6.07, 6.45) is 0.792. The standard InChI is InChI=1S/C32H43F3N4O6S/c1-18-14-21(15-19(2)45-18)28(20-5-7-22(33)8-6-20)30(38-32(41)42)31(40)37-29-25(26(34)11-12-27(29)35)10-9-24-16-36-23-4-3-13-46(43,44)39(24)17-23/h5-8,11-12,18-19,21,23-24,28,30,36,38,43-44H,3-4,9-10,13-17H2,1-2H3,(H,37,40)(H,41,42)/t18-,19+,21?,23-,24+,28+,30+/m1/s1. The number of piperazine rings is 1. The quantitative estimate of drug-likeness (QED) is 0.200. The molecule has 2 bridgehead atoms. The van der Waals surface area contributed by atoms with Gasteiger partial charge in [-0.3, -0.25) is 13.9 Å². The number of fused-ring (bicyclic) bond motifs is 2. The second-order valence-corrected chi connectivity index (χ2v) is 14.9. The molecule has 10 nitrogen and oxygen atoms in total. The highest BCUT2D eigenvalue weighted by Crippen LogP contribution is 2.49. The Morgan fingerprint density at radius 3 is 2.41 bits per heavy atom. The number of nitrogens with one attached hydrogen (secondary N) is 3. The van der Waals surface area contributed by atoms with Gasteiger partial charge in [-0.15, -0.1) is 10.8 Å². The first-order chi connectivity index (χ1) is 21.8. The molecule has 2 aromatic carbocycles. The van der Waals surface area contributed by atoms with Crippen LogP contribution < -0.4 is 16.0 Å². The fraction of sp³-hybridized carbons (Fsp3) is 0.562. The van der Waals surface area contributed by atoms with Gasteiger partial charge in [0.15, 0.2) is 0 Å². The molecule has 0 spiro atoms. The fourth-order valence-electron chi connectivity index (χ4n) is 7.38. The summed E-state index contributed by atoms with van der Waals surface area (Å²) in [5.41, 5.74) is 0.00134. The maximum Gasteiger partial charge on any atom is 0.405 e. The van der Waals surface area contributed by atoms with E-state index in [1.165, 1.54) is 24.3 Å². The highest BCUT2D eigenvalue weighted by Gasteiger charge is 2.41. The van der Waals surface area contributed by atoms with Crippen molar-refractivity contribution in [2.24, 2.45) is 5.92 Å². The number of carboxylic acid groups (broad SMARTS) is 1. The van der Waals surface area contributed by atoms with Crippen molar-refractivity contribution in [3.05, 3.63) is 65.0 Å². The van der Waals surface area contributed by atoms with Gasteiger partial charge in [0.25, 0.3) is 0 Å². The minimum Gasteiger partial charge on any atom is -0.465 e. The molecule has 6 N–H and O–H groups in total. The topological polar surface area (TPSA) is 143 Å². The fourth-order valence-corrected chi connectivity index (χ4v) is 9.25. The monoisotopic (exact) mass is 668 g/mol. The summed E-state index contributed by atoms with van der Waals surface area (Å²) in [6, 6.07) is 5.63. The first-order valence-corrected chi connectivity index (χ1v) is 17.4. The van der Waals surface area contributed by atoms with E-state index in [0.29, 0.717) is 37.9 Å². The Balaban J connectivity index is 1.43. The van der Waals surface area contributed by atoms with Crippen LogP contribution in [0.4, 0.5) is 23.7 Å². The molecule has 254 valence electrons. The van der Waals surface area contributed by atoms with Gasteiger partial charge in [-0.25, -0.2) is 22.3 Å². The van der Waals surface area contributed by atoms with Crippen molar-refractivity contribution in [3.8, 4) is 0 Å². The molecule has 0 radical (unpaired) electrons. The zero-order chi connectivity index (χ0) is 33.2. The molecule has 3 aliphatic rings. The number of hydrogen-bond donors (Lipinski definition) is 6. The Morgan fingerprint density at radius 2 is 1.74 bits per heavy atom. The number of anilines is 1. The Morgan fingerprint density at radius 1 is 1.07 bits per heavy atom. The third-order valence-corrected chi connectivity index (χ3v) is 11.4. The van der Waals surface area contributed by atoms with Crippen molar-refractivity contribution >= 4 is 28.5 Å². The maximum atomic E-state index is 15.4. The Kier molecular flexibility index (Phi) is 10.8. The molecule has 0 aromatic heterocycles. The van der Waals surface area contributed by atoms with Gasteiger partial charge in [0.1, 0.15) is 23.5 Å². The summed E-state index contributed by atoms with van der Waals surface area (Å²) in [5.74, 6) is -3.84. The third kappa shape index (κ3) is 7.97. The lowest BCUT2D eigenvalue weighted by Crippen LogP contribution is -2.55. The number of rotatable bonds is 9. The van der Waals surface area contributed by atoms with Crippen LogP contribution in [0.2, 0.25) is 0 Å². The largest absolute Gasteiger partial charge is 0.465 e. The van der Waals surface area contributed by atoms with Gasteiger partial charge in [-0.05, 0) is 88.1 Å². The minimum atomic E-state index is -3.01. The Hall–Kier alpha value is -2.88. The molecular weight excluding hydrogens is 625 g/mol. The summed E-state index contributed by atoms with van der Waals surface area (Å²) in [4.78, 5) is 26.0. The van der Waals surface area contributed by atoms with Crippen molar-refractivity contribution in [3.63, 3.8) is 0 Å². The van der Waals surface area contributed by atoms with Crippen LogP contribution >= 0.6 is 10.8 Å². The summed E-state index contributed by atoms with van der Waals surface area (Å²) >= 11 is 0. The van der Waals surface area contributed by atoms with Gasteiger partial charge in [-0.1, -0.05) is 12.1 Å². The van der Waals surface area contributed by atoms with Gasteiger partial charge in [0.05, 0.1) is 23.6 Å². The second kappa shape index (κ2) is 14.5. The smallest absolute Gasteiger partial charge is 0.405 e. The van der Waals surface area contributed by atoms with Crippen LogP contribution in [0.3, 0.4) is 0 Å². The van der Waals surface area contributed by atoms with E-state index < -0.39 is 57.9 Å². The highest BCUT2D eigenvalue weighted by atomic mass is 32.3. The van der Waals surface area contributed by atoms with Gasteiger partial charge in [0, 0.05) is 36.7 Å². The number of nitrogens with zero attached hydrogens (tertiary/aromatic N) is 1. The molecule has 14 heteroatoms. The molecule has 8 atom stereocenters. The Bertz CT molecular complexity index is 1390. The summed E-state index contributed by atoms with van der Waals surface area (Å²) < 4.78 is 73.8. The van der Waals surface area contributed by atoms with Crippen molar-refractivity contribution in [1.82, 2.24) is 14.9 Å². The average molecular weight is 669 g/mol. The molecule has 0 aliphatic carbocycles. The number of amides is 2. The zero-order valence-corrected chi connectivity index (χ0v) is 26.7. The predicted octanol–water partition coefficient (Wildman–Crippen LogP) is 5.70. The van der Waals surface area contributed by atoms with Crippen LogP contribution in [0.25, 0.3) is 0 Å². The molecular formula is C32H43F3N4O6S. The number of ether oxygens (including phenoxy) is 1. The van der Waals surface area contributed by atoms with Crippen molar-refractivity contribution < 1.29 is 41.7 Å². The lowest BCUT2D eigenvalue weighted by atomic mass is 9.74. The van der Waals surface area contributed by atoms with E-state index in [0.717, 1.165) is 18.6 Å². The zero-order valence-electron chi connectivity index (χ0n) is 25.9. The van der Waals surface area contributed by atoms with Crippen LogP contribution in [0.1, 0.15) is 63.0 Å². The van der Waals surface area contributed by atoms with Gasteiger partial charge >= 0.3 is 6.09 Å². The summed E-state index contributed by atoms with van der Waals surface area (Å²) in [7, 11) is -3.01. The number of benzene rings is 2. The molecule has 2 unspecified atom stereocenters. The van der Waals surface area contributed by atoms with Crippen LogP contribution in [0.5, 0.6) is 0 Å². The van der Waals surface area contributed by atoms with E-state index in [4.69, 9.17) is 4.74 Å². The van der Waals surface area contributed by atoms with Gasteiger partial charge in [-0.2, -0.15) is 0 Å². The summed E-state index contributed by atoms with van der Waals surface area (Å²) in [6.45, 7) is 4.63. The van der Waals surface area contributed by atoms with Crippen molar-refractivity contribution in [2.75, 3.05) is 24.2 Å². The first-order valence-electron chi connectivity index (χ1n) is 15.8. The molecule has 2 amide bonds. The molecule has 2 aromatic rings. The van der Waals surface area contributed by atoms with E-state index in [2.05, 4.69) is 16.0 Å². The second-order valence-electron chi connectivity index (χ2n) is 12.7. The molecule has 46 heavy (non-hydrogen) atoms. The molecule has 0 saturated carbocycles. The van der Waals surface area contributed by atoms with Crippen LogP contribution in [0.15, 0.2) is 36.4 Å². The van der Waals surface area contributed by atoms with E-state index in [-0.39, 0.29) is 54.4 Å². The van der Waals surface area contributed by atoms with Crippen molar-refractivity contribution in [2.45, 2.75) is 88.6 Å². The van der Waals surface area contributed by atoms with Crippen LogP contribution in [-0.4, -0.2) is 79.7 Å². The predicted molar refractivity (Wildman–Crippen MR) is 169 cm³/mol. The van der Waals surface area contributed by atoms with E-state index >= 15 is 8.78 Å². The highest BCUT2D eigenvalue weighted by molar-refractivity contribution is 8.22. The number of carbonyl (C=O) groups excluding carboxylic acids is 1. The normalized spacial score (nSPS) is 29.5. The third-order valence-electron chi connectivity index (χ3n) is 9.39. The van der Waals surface area contributed by atoms with Crippen molar-refractivity contribution in [1.29, 1.82) is 0 Å². The van der Waals surface area contributed by atoms with Crippen LogP contribution in [-0.2, 0) is 16.0 Å². The molecule has 3 fully saturated rings. The lowest BCUT2D eigenvalue weighted by Gasteiger charge is -2.49. The van der Waals surface area contributed by atoms with E-state index in [9.17, 15) is 28.2 Å². The van der Waals surface area contributed by atoms with E-state index in [1.807, 2.05) is 13.8 Å². The number of carbonyl (C=O) groups is 2. The Labute approximate surface area is 268 Å². The SMILES string of the molecule is C[C@@H]1CC([C@H](c2ccc(F)cc2)[C@H](NC(=O)O)C(=O)Nc2c(F)ccc(F)c2CC[C@H]2CN[C@@H]3CCCS(O)(O)N2C3)C[C@H](C)O1. The van der Waals surface area contributed by atoms with E-state index in [1.54, 1.807) is 4.31 Å². The lowest BCUT2D eigenvalue weighted by molar-refractivity contribution is -0.120. The first kappa shape index (κ1) is 34.5. The molecule has 3 saturated heterocycles. The van der Waals surface area contributed by atoms with Gasteiger partial charge < -0.3 is 25.8 Å². The minimum absolute atomic E-state index is 0.0321. The summed E-state index contributed by atoms with van der Waals surface area (Å²) in [5, 5.41) is 18.0. The molecule has 3 aliphatic heterocycles.